The molecule has 1 heterocycles. The number of aliphatic hydroxyl groups is 1. The molecule has 0 spiro atoms. The number of amides is 1. The molecule has 0 aliphatic rings. The Morgan fingerprint density at radius 1 is 1.32 bits per heavy atom. The van der Waals surface area contributed by atoms with E-state index in [0.717, 1.165) is 0 Å². The fourth-order valence-electron chi connectivity index (χ4n) is 1.50. The number of carbonyl (C=O) groups is 1. The number of benzene rings is 1. The second-order valence-corrected chi connectivity index (χ2v) is 5.62. The van der Waals surface area contributed by atoms with E-state index >= 15 is 0 Å². The first kappa shape index (κ1) is 14.0. The SMILES string of the molecule is O=C(NC[C@@H](O)c1ccc(Cl)s1)c1ccc(F)cc1. The maximum Gasteiger partial charge on any atom is 0.251 e. The summed E-state index contributed by atoms with van der Waals surface area (Å²) in [6.07, 6.45) is -0.804. The lowest BCUT2D eigenvalue weighted by atomic mass is 10.2. The van der Waals surface area contributed by atoms with Gasteiger partial charge in [0, 0.05) is 17.0 Å². The Labute approximate surface area is 118 Å². The molecule has 0 saturated carbocycles. The lowest BCUT2D eigenvalue weighted by Gasteiger charge is -2.10. The van der Waals surface area contributed by atoms with E-state index in [-0.39, 0.29) is 12.5 Å². The van der Waals surface area contributed by atoms with Crippen molar-refractivity contribution in [2.75, 3.05) is 6.54 Å². The molecular formula is C13H11ClFNO2S. The zero-order valence-corrected chi connectivity index (χ0v) is 11.3. The van der Waals surface area contributed by atoms with Crippen LogP contribution >= 0.6 is 22.9 Å². The summed E-state index contributed by atoms with van der Waals surface area (Å²) in [5, 5.41) is 12.4. The highest BCUT2D eigenvalue weighted by Gasteiger charge is 2.12. The molecule has 1 aromatic carbocycles. The molecule has 1 aromatic heterocycles. The Morgan fingerprint density at radius 2 is 2.00 bits per heavy atom. The highest BCUT2D eigenvalue weighted by atomic mass is 35.5. The van der Waals surface area contributed by atoms with Crippen molar-refractivity contribution in [3.05, 3.63) is 57.0 Å². The zero-order chi connectivity index (χ0) is 13.8. The Balaban J connectivity index is 1.91. The molecule has 100 valence electrons. The lowest BCUT2D eigenvalue weighted by molar-refractivity contribution is 0.0918. The molecule has 0 unspecified atom stereocenters. The number of rotatable bonds is 4. The summed E-state index contributed by atoms with van der Waals surface area (Å²) in [7, 11) is 0. The van der Waals surface area contributed by atoms with E-state index in [0.29, 0.717) is 14.8 Å². The van der Waals surface area contributed by atoms with Crippen molar-refractivity contribution in [1.29, 1.82) is 0 Å². The summed E-state index contributed by atoms with van der Waals surface area (Å²) < 4.78 is 13.3. The van der Waals surface area contributed by atoms with Gasteiger partial charge in [-0.3, -0.25) is 4.79 Å². The average molecular weight is 300 g/mol. The fraction of sp³-hybridized carbons (Fsp3) is 0.154. The smallest absolute Gasteiger partial charge is 0.251 e. The van der Waals surface area contributed by atoms with Gasteiger partial charge >= 0.3 is 0 Å². The molecule has 1 atom stereocenters. The van der Waals surface area contributed by atoms with Crippen LogP contribution in [0.15, 0.2) is 36.4 Å². The predicted molar refractivity (Wildman–Crippen MR) is 73.0 cm³/mol. The summed E-state index contributed by atoms with van der Waals surface area (Å²) >= 11 is 7.02. The van der Waals surface area contributed by atoms with Crippen molar-refractivity contribution in [3.63, 3.8) is 0 Å². The molecule has 2 N–H and O–H groups in total. The maximum atomic E-state index is 12.7. The summed E-state index contributed by atoms with van der Waals surface area (Å²) in [6, 6.07) is 8.60. The number of aliphatic hydroxyl groups excluding tert-OH is 1. The van der Waals surface area contributed by atoms with Gasteiger partial charge in [0.1, 0.15) is 11.9 Å². The molecule has 0 fully saturated rings. The topological polar surface area (TPSA) is 49.3 Å². The minimum absolute atomic E-state index is 0.0764. The van der Waals surface area contributed by atoms with Gasteiger partial charge in [-0.25, -0.2) is 4.39 Å². The zero-order valence-electron chi connectivity index (χ0n) is 9.77. The first-order chi connectivity index (χ1) is 9.06. The van der Waals surface area contributed by atoms with E-state index in [4.69, 9.17) is 11.6 Å². The summed E-state index contributed by atoms with van der Waals surface area (Å²) in [6.45, 7) is 0.0764. The molecule has 0 saturated heterocycles. The molecule has 0 radical (unpaired) electrons. The second-order valence-electron chi connectivity index (χ2n) is 3.87. The van der Waals surface area contributed by atoms with Crippen molar-refractivity contribution in [3.8, 4) is 0 Å². The Kier molecular flexibility index (Phi) is 4.52. The van der Waals surface area contributed by atoms with Crippen molar-refractivity contribution in [2.24, 2.45) is 0 Å². The molecule has 3 nitrogen and oxygen atoms in total. The number of hydrogen-bond donors (Lipinski definition) is 2. The maximum absolute atomic E-state index is 12.7. The summed E-state index contributed by atoms with van der Waals surface area (Å²) in [5.41, 5.74) is 0.345. The van der Waals surface area contributed by atoms with Crippen molar-refractivity contribution < 1.29 is 14.3 Å². The van der Waals surface area contributed by atoms with Crippen LogP contribution in [0.5, 0.6) is 0 Å². The normalized spacial score (nSPS) is 12.2. The van der Waals surface area contributed by atoms with Gasteiger partial charge in [0.15, 0.2) is 0 Å². The Hall–Kier alpha value is -1.43. The molecule has 6 heteroatoms. The van der Waals surface area contributed by atoms with Gasteiger partial charge in [0.05, 0.1) is 4.34 Å². The van der Waals surface area contributed by atoms with E-state index in [2.05, 4.69) is 5.32 Å². The Bertz CT molecular complexity index is 570. The number of nitrogens with one attached hydrogen (secondary N) is 1. The largest absolute Gasteiger partial charge is 0.386 e. The van der Waals surface area contributed by atoms with Gasteiger partial charge in [-0.05, 0) is 36.4 Å². The molecule has 0 aliphatic heterocycles. The first-order valence-electron chi connectivity index (χ1n) is 5.53. The van der Waals surface area contributed by atoms with Crippen LogP contribution in [-0.2, 0) is 0 Å². The molecule has 1 amide bonds. The van der Waals surface area contributed by atoms with Gasteiger partial charge in [0.2, 0.25) is 0 Å². The van der Waals surface area contributed by atoms with E-state index in [9.17, 15) is 14.3 Å². The van der Waals surface area contributed by atoms with Crippen molar-refractivity contribution in [1.82, 2.24) is 5.32 Å². The molecule has 0 aliphatic carbocycles. The van der Waals surface area contributed by atoms with E-state index in [1.807, 2.05) is 0 Å². The third kappa shape index (κ3) is 3.76. The highest BCUT2D eigenvalue weighted by molar-refractivity contribution is 7.16. The number of halogens is 2. The van der Waals surface area contributed by atoms with Crippen molar-refractivity contribution in [2.45, 2.75) is 6.10 Å². The van der Waals surface area contributed by atoms with Crippen LogP contribution in [0, 0.1) is 5.82 Å². The van der Waals surface area contributed by atoms with Gasteiger partial charge in [-0.15, -0.1) is 11.3 Å². The van der Waals surface area contributed by atoms with Crippen LogP contribution in [0.3, 0.4) is 0 Å². The molecule has 2 rings (SSSR count). The first-order valence-corrected chi connectivity index (χ1v) is 6.73. The predicted octanol–water partition coefficient (Wildman–Crippen LogP) is 3.00. The fourth-order valence-corrected chi connectivity index (χ4v) is 2.55. The van der Waals surface area contributed by atoms with Gasteiger partial charge < -0.3 is 10.4 Å². The molecular weight excluding hydrogens is 289 g/mol. The third-order valence-electron chi connectivity index (χ3n) is 2.48. The monoisotopic (exact) mass is 299 g/mol. The van der Waals surface area contributed by atoms with Crippen LogP contribution in [0.2, 0.25) is 4.34 Å². The van der Waals surface area contributed by atoms with Crippen LogP contribution in [0.1, 0.15) is 21.3 Å². The molecule has 0 bridgehead atoms. The van der Waals surface area contributed by atoms with E-state index in [1.54, 1.807) is 12.1 Å². The van der Waals surface area contributed by atoms with Crippen LogP contribution < -0.4 is 5.32 Å². The number of hydrogen-bond acceptors (Lipinski definition) is 3. The Morgan fingerprint density at radius 3 is 2.58 bits per heavy atom. The van der Waals surface area contributed by atoms with E-state index in [1.165, 1.54) is 35.6 Å². The van der Waals surface area contributed by atoms with Gasteiger partial charge in [-0.2, -0.15) is 0 Å². The summed E-state index contributed by atoms with van der Waals surface area (Å²) in [4.78, 5) is 12.4. The van der Waals surface area contributed by atoms with Gasteiger partial charge in [0.25, 0.3) is 5.91 Å². The van der Waals surface area contributed by atoms with Gasteiger partial charge in [-0.1, -0.05) is 11.6 Å². The van der Waals surface area contributed by atoms with Crippen molar-refractivity contribution >= 4 is 28.8 Å². The highest BCUT2D eigenvalue weighted by Crippen LogP contribution is 2.26. The van der Waals surface area contributed by atoms with E-state index < -0.39 is 11.9 Å². The van der Waals surface area contributed by atoms with Crippen LogP contribution in [0.25, 0.3) is 0 Å². The lowest BCUT2D eigenvalue weighted by Crippen LogP contribution is -2.28. The summed E-state index contributed by atoms with van der Waals surface area (Å²) in [5.74, 6) is -0.758. The standard InChI is InChI=1S/C13H11ClFNO2S/c14-12-6-5-11(19-12)10(17)7-16-13(18)8-1-3-9(15)4-2-8/h1-6,10,17H,7H2,(H,16,18)/t10-/m1/s1. The van der Waals surface area contributed by atoms with Crippen LogP contribution in [0.4, 0.5) is 4.39 Å². The average Bonchev–Trinajstić information content (AvgIpc) is 2.83. The second kappa shape index (κ2) is 6.14. The molecule has 19 heavy (non-hydrogen) atoms. The quantitative estimate of drug-likeness (QED) is 0.912. The number of carbonyl (C=O) groups excluding carboxylic acids is 1. The minimum atomic E-state index is -0.804. The number of thiophene rings is 1. The van der Waals surface area contributed by atoms with Crippen LogP contribution in [-0.4, -0.2) is 17.6 Å². The molecule has 2 aromatic rings. The minimum Gasteiger partial charge on any atom is -0.386 e. The third-order valence-corrected chi connectivity index (χ3v) is 3.82.